The van der Waals surface area contributed by atoms with Gasteiger partial charge in [0.05, 0.1) is 29.1 Å². The van der Waals surface area contributed by atoms with E-state index < -0.39 is 0 Å². The summed E-state index contributed by atoms with van der Waals surface area (Å²) in [5, 5.41) is 5.82. The number of aromatic nitrogens is 2. The Kier molecular flexibility index (Phi) is 7.68. The van der Waals surface area contributed by atoms with Crippen LogP contribution in [0.1, 0.15) is 41.0 Å². The van der Waals surface area contributed by atoms with Crippen LogP contribution in [0.15, 0.2) is 58.7 Å². The second-order valence-corrected chi connectivity index (χ2v) is 10.7. The average Bonchev–Trinajstić information content (AvgIpc) is 3.43. The number of carbonyl (C=O) groups excluding carboxylic acids is 2. The zero-order valence-corrected chi connectivity index (χ0v) is 23.7. The van der Waals surface area contributed by atoms with Crippen molar-refractivity contribution in [1.82, 2.24) is 19.8 Å². The molecule has 0 spiro atoms. The average molecular weight is 561 g/mol. The minimum Gasteiger partial charge on any atom is -0.353 e. The second-order valence-electron chi connectivity index (χ2n) is 9.45. The molecule has 1 fully saturated rings. The van der Waals surface area contributed by atoms with Crippen LogP contribution in [0.4, 0.5) is 0 Å². The number of nitrogens with one attached hydrogen (secondary N) is 1. The largest absolute Gasteiger partial charge is 0.353 e. The summed E-state index contributed by atoms with van der Waals surface area (Å²) in [6.07, 6.45) is 1.46. The molecule has 0 bridgehead atoms. The molecular weight excluding hydrogens is 532 g/mol. The summed E-state index contributed by atoms with van der Waals surface area (Å²) in [7, 11) is 0. The van der Waals surface area contributed by atoms with Crippen molar-refractivity contribution in [2.45, 2.75) is 33.6 Å². The van der Waals surface area contributed by atoms with Gasteiger partial charge in [-0.05, 0) is 49.1 Å². The maximum absolute atomic E-state index is 14.2. The van der Waals surface area contributed by atoms with E-state index in [9.17, 15) is 14.4 Å². The Morgan fingerprint density at radius 2 is 1.77 bits per heavy atom. The zero-order valence-electron chi connectivity index (χ0n) is 22.1. The minimum atomic E-state index is -0.279. The summed E-state index contributed by atoms with van der Waals surface area (Å²) < 4.78 is 1.67. The van der Waals surface area contributed by atoms with Crippen molar-refractivity contribution in [1.29, 1.82) is 0 Å². The number of benzene rings is 2. The number of nitrogens with zero attached hydrogens (tertiary/aromatic N) is 3. The van der Waals surface area contributed by atoms with Crippen LogP contribution < -0.4 is 10.9 Å². The summed E-state index contributed by atoms with van der Waals surface area (Å²) >= 11 is 7.41. The van der Waals surface area contributed by atoms with E-state index in [0.717, 1.165) is 40.9 Å². The number of amides is 2. The Hall–Kier alpha value is -3.75. The van der Waals surface area contributed by atoms with Gasteiger partial charge >= 0.3 is 0 Å². The summed E-state index contributed by atoms with van der Waals surface area (Å²) in [6.45, 7) is 6.69. The molecule has 2 aromatic heterocycles. The molecule has 5 rings (SSSR count). The van der Waals surface area contributed by atoms with Crippen molar-refractivity contribution in [3.8, 4) is 27.5 Å². The second kappa shape index (κ2) is 11.2. The van der Waals surface area contributed by atoms with E-state index in [1.165, 1.54) is 16.2 Å². The lowest BCUT2D eigenvalue weighted by Crippen LogP contribution is -2.50. The van der Waals surface area contributed by atoms with Gasteiger partial charge in [-0.25, -0.2) is 4.98 Å². The molecule has 1 saturated heterocycles. The third-order valence-corrected chi connectivity index (χ3v) is 8.19. The number of pyridine rings is 1. The molecule has 1 N–H and O–H groups in total. The van der Waals surface area contributed by atoms with Crippen LogP contribution in [0.5, 0.6) is 0 Å². The predicted molar refractivity (Wildman–Crippen MR) is 156 cm³/mol. The molecule has 0 radical (unpaired) electrons. The number of para-hydroxylation sites is 1. The topological polar surface area (TPSA) is 84.3 Å². The van der Waals surface area contributed by atoms with E-state index in [4.69, 9.17) is 16.6 Å². The molecule has 4 aromatic rings. The van der Waals surface area contributed by atoms with Crippen LogP contribution in [0.2, 0.25) is 5.02 Å². The standard InChI is InChI=1S/C30H29ClN4O3S/c1-4-19-7-6-8-20(5-2)27(19)35-18(3)23(29(37)34-14-13-32-26(36)16-34)15-24(30(35)38)28-33-25(17-39-28)21-9-11-22(31)12-10-21/h6-12,15,17H,4-5,13-14,16H2,1-3H3,(H,32,36). The molecule has 7 nitrogen and oxygen atoms in total. The third kappa shape index (κ3) is 5.14. The number of aryl methyl sites for hydroxylation is 2. The van der Waals surface area contributed by atoms with Gasteiger partial charge in [0.2, 0.25) is 5.91 Å². The molecule has 0 unspecified atom stereocenters. The molecule has 0 aliphatic carbocycles. The predicted octanol–water partition coefficient (Wildman–Crippen LogP) is 5.29. The lowest BCUT2D eigenvalue weighted by Gasteiger charge is -2.28. The van der Waals surface area contributed by atoms with E-state index in [0.29, 0.717) is 39.9 Å². The Morgan fingerprint density at radius 1 is 1.08 bits per heavy atom. The van der Waals surface area contributed by atoms with Crippen LogP contribution in [0.3, 0.4) is 0 Å². The van der Waals surface area contributed by atoms with Crippen molar-refractivity contribution in [3.05, 3.63) is 91.7 Å². The normalized spacial score (nSPS) is 13.4. The molecule has 3 heterocycles. The Bertz CT molecular complexity index is 1600. The van der Waals surface area contributed by atoms with E-state index in [1.54, 1.807) is 29.7 Å². The molecule has 1 aliphatic heterocycles. The molecular formula is C30H29ClN4O3S. The fourth-order valence-corrected chi connectivity index (χ4v) is 5.94. The number of piperazine rings is 1. The molecule has 9 heteroatoms. The van der Waals surface area contributed by atoms with Crippen molar-refractivity contribution in [2.24, 2.45) is 0 Å². The fraction of sp³-hybridized carbons (Fsp3) is 0.267. The van der Waals surface area contributed by atoms with Gasteiger partial charge in [-0.3, -0.25) is 19.0 Å². The Labute approximate surface area is 236 Å². The lowest BCUT2D eigenvalue weighted by molar-refractivity contribution is -0.123. The first-order valence-corrected chi connectivity index (χ1v) is 14.2. The maximum atomic E-state index is 14.2. The first-order valence-electron chi connectivity index (χ1n) is 13.0. The van der Waals surface area contributed by atoms with Crippen LogP contribution >= 0.6 is 22.9 Å². The summed E-state index contributed by atoms with van der Waals surface area (Å²) in [4.78, 5) is 46.5. The molecule has 2 amide bonds. The number of thiazole rings is 1. The molecule has 0 atom stereocenters. The number of rotatable bonds is 6. The SMILES string of the molecule is CCc1cccc(CC)c1-n1c(C)c(C(=O)N2CCNC(=O)C2)cc(-c2nc(-c3ccc(Cl)cc3)cs2)c1=O. The highest BCUT2D eigenvalue weighted by Gasteiger charge is 2.28. The summed E-state index contributed by atoms with van der Waals surface area (Å²) in [5.41, 5.74) is 5.52. The quantitative estimate of drug-likeness (QED) is 0.347. The van der Waals surface area contributed by atoms with Crippen molar-refractivity contribution in [2.75, 3.05) is 19.6 Å². The highest BCUT2D eigenvalue weighted by molar-refractivity contribution is 7.13. The first kappa shape index (κ1) is 26.8. The zero-order chi connectivity index (χ0) is 27.7. The van der Waals surface area contributed by atoms with E-state index >= 15 is 0 Å². The van der Waals surface area contributed by atoms with Crippen LogP contribution in [-0.4, -0.2) is 45.9 Å². The molecule has 0 saturated carbocycles. The van der Waals surface area contributed by atoms with Gasteiger partial charge in [-0.15, -0.1) is 11.3 Å². The Morgan fingerprint density at radius 3 is 2.41 bits per heavy atom. The number of carbonyl (C=O) groups is 2. The molecule has 200 valence electrons. The highest BCUT2D eigenvalue weighted by Crippen LogP contribution is 2.31. The van der Waals surface area contributed by atoms with Gasteiger partial charge in [-0.1, -0.05) is 55.8 Å². The highest BCUT2D eigenvalue weighted by atomic mass is 35.5. The van der Waals surface area contributed by atoms with Gasteiger partial charge in [0, 0.05) is 34.7 Å². The third-order valence-electron chi connectivity index (χ3n) is 7.07. The van der Waals surface area contributed by atoms with Gasteiger partial charge in [0.25, 0.3) is 11.5 Å². The van der Waals surface area contributed by atoms with E-state index in [1.807, 2.05) is 35.7 Å². The number of halogens is 1. The first-order chi connectivity index (χ1) is 18.8. The molecule has 39 heavy (non-hydrogen) atoms. The van der Waals surface area contributed by atoms with Gasteiger partial charge in [0.1, 0.15) is 5.01 Å². The van der Waals surface area contributed by atoms with Crippen LogP contribution in [0.25, 0.3) is 27.5 Å². The van der Waals surface area contributed by atoms with Crippen molar-refractivity contribution >= 4 is 34.8 Å². The van der Waals surface area contributed by atoms with E-state index in [2.05, 4.69) is 19.2 Å². The van der Waals surface area contributed by atoms with E-state index in [-0.39, 0.29) is 23.9 Å². The smallest absolute Gasteiger partial charge is 0.265 e. The van der Waals surface area contributed by atoms with Crippen LogP contribution in [0, 0.1) is 6.92 Å². The van der Waals surface area contributed by atoms with Crippen LogP contribution in [-0.2, 0) is 17.6 Å². The number of hydrogen-bond donors (Lipinski definition) is 1. The fourth-order valence-electron chi connectivity index (χ4n) is 4.98. The van der Waals surface area contributed by atoms with Crippen molar-refractivity contribution < 1.29 is 9.59 Å². The Balaban J connectivity index is 1.74. The maximum Gasteiger partial charge on any atom is 0.265 e. The minimum absolute atomic E-state index is 0.0174. The monoisotopic (exact) mass is 560 g/mol. The summed E-state index contributed by atoms with van der Waals surface area (Å²) in [5.74, 6) is -0.475. The number of hydrogen-bond acceptors (Lipinski definition) is 5. The summed E-state index contributed by atoms with van der Waals surface area (Å²) in [6, 6.07) is 15.1. The lowest BCUT2D eigenvalue weighted by atomic mass is 10.0. The van der Waals surface area contributed by atoms with Gasteiger partial charge in [0.15, 0.2) is 0 Å². The molecule has 2 aromatic carbocycles. The van der Waals surface area contributed by atoms with Gasteiger partial charge < -0.3 is 10.2 Å². The van der Waals surface area contributed by atoms with Crippen molar-refractivity contribution in [3.63, 3.8) is 0 Å². The molecule has 1 aliphatic rings. The van der Waals surface area contributed by atoms with Gasteiger partial charge in [-0.2, -0.15) is 0 Å².